The van der Waals surface area contributed by atoms with E-state index in [4.69, 9.17) is 0 Å². The molecular weight excluding hydrogens is 178 g/mol. The van der Waals surface area contributed by atoms with Crippen LogP contribution in [-0.4, -0.2) is 17.7 Å². The number of Topliss-reactive ketones (excluding diaryl/α,β-unsaturated/α-hetero) is 1. The van der Waals surface area contributed by atoms with Gasteiger partial charge >= 0.3 is 0 Å². The first-order valence-electron chi connectivity index (χ1n) is 5.10. The van der Waals surface area contributed by atoms with Crippen LogP contribution >= 0.6 is 0 Å². The summed E-state index contributed by atoms with van der Waals surface area (Å²) in [5.74, 6) is 0.264. The summed E-state index contributed by atoms with van der Waals surface area (Å²) in [6.45, 7) is 9.62. The van der Waals surface area contributed by atoms with Crippen LogP contribution in [0.4, 0.5) is 0 Å². The van der Waals surface area contributed by atoms with E-state index >= 15 is 0 Å². The van der Waals surface area contributed by atoms with Gasteiger partial charge in [0.25, 0.3) is 0 Å². The SMILES string of the molecule is CC(C)C1C(=O)N[C@@H]1C(=O)C(C)(C)C. The van der Waals surface area contributed by atoms with Crippen LogP contribution in [0.3, 0.4) is 0 Å². The summed E-state index contributed by atoms with van der Waals surface area (Å²) in [6, 6.07) is -0.262. The fraction of sp³-hybridized carbons (Fsp3) is 0.818. The number of β-lactam (4-membered cyclic amide) rings is 1. The van der Waals surface area contributed by atoms with Crippen molar-refractivity contribution in [3.63, 3.8) is 0 Å². The molecular formula is C11H19NO2. The molecule has 3 nitrogen and oxygen atoms in total. The standard InChI is InChI=1S/C11H19NO2/c1-6(2)7-8(12-10(7)14)9(13)11(3,4)5/h6-8H,1-5H3,(H,12,14)/t7?,8-/m0/s1. The molecule has 0 aliphatic carbocycles. The molecule has 1 unspecified atom stereocenters. The second kappa shape index (κ2) is 3.37. The third-order valence-corrected chi connectivity index (χ3v) is 2.70. The Kier molecular flexibility index (Phi) is 2.70. The van der Waals surface area contributed by atoms with E-state index in [0.717, 1.165) is 0 Å². The molecule has 0 radical (unpaired) electrons. The van der Waals surface area contributed by atoms with Gasteiger partial charge in [-0.25, -0.2) is 0 Å². The second-order valence-corrected chi connectivity index (χ2v) is 5.37. The highest BCUT2D eigenvalue weighted by molar-refractivity contribution is 6.02. The lowest BCUT2D eigenvalue weighted by Crippen LogP contribution is -2.65. The van der Waals surface area contributed by atoms with E-state index in [1.165, 1.54) is 0 Å². The normalized spacial score (nSPS) is 27.1. The van der Waals surface area contributed by atoms with Gasteiger partial charge in [0.15, 0.2) is 5.78 Å². The van der Waals surface area contributed by atoms with Crippen LogP contribution in [0.25, 0.3) is 0 Å². The summed E-state index contributed by atoms with van der Waals surface area (Å²) in [6.07, 6.45) is 0. The molecule has 0 aromatic rings. The van der Waals surface area contributed by atoms with Crippen LogP contribution in [0.1, 0.15) is 34.6 Å². The molecule has 1 amide bonds. The third-order valence-electron chi connectivity index (χ3n) is 2.70. The van der Waals surface area contributed by atoms with Crippen molar-refractivity contribution in [2.24, 2.45) is 17.3 Å². The Bertz CT molecular complexity index is 263. The first-order chi connectivity index (χ1) is 6.25. The van der Waals surface area contributed by atoms with Gasteiger partial charge in [-0.2, -0.15) is 0 Å². The van der Waals surface area contributed by atoms with Gasteiger partial charge in [-0.15, -0.1) is 0 Å². The zero-order valence-corrected chi connectivity index (χ0v) is 9.55. The van der Waals surface area contributed by atoms with Crippen molar-refractivity contribution >= 4 is 11.7 Å². The van der Waals surface area contributed by atoms with Crippen LogP contribution in [0, 0.1) is 17.3 Å². The predicted octanol–water partition coefficient (Wildman–Crippen LogP) is 1.37. The van der Waals surface area contributed by atoms with Crippen molar-refractivity contribution in [2.45, 2.75) is 40.7 Å². The van der Waals surface area contributed by atoms with Gasteiger partial charge in [0.05, 0.1) is 12.0 Å². The van der Waals surface area contributed by atoms with E-state index in [2.05, 4.69) is 5.32 Å². The molecule has 1 rings (SSSR count). The Balaban J connectivity index is 2.73. The molecule has 1 heterocycles. The quantitative estimate of drug-likeness (QED) is 0.680. The summed E-state index contributed by atoms with van der Waals surface area (Å²) in [5, 5.41) is 2.69. The van der Waals surface area contributed by atoms with E-state index in [1.54, 1.807) is 0 Å². The maximum Gasteiger partial charge on any atom is 0.226 e. The van der Waals surface area contributed by atoms with E-state index in [-0.39, 0.29) is 35.0 Å². The first kappa shape index (κ1) is 11.2. The number of hydrogen-bond donors (Lipinski definition) is 1. The minimum Gasteiger partial charge on any atom is -0.345 e. The Labute approximate surface area is 85.3 Å². The summed E-state index contributed by atoms with van der Waals surface area (Å²) >= 11 is 0. The van der Waals surface area contributed by atoms with E-state index in [1.807, 2.05) is 34.6 Å². The van der Waals surface area contributed by atoms with E-state index in [0.29, 0.717) is 0 Å². The zero-order chi connectivity index (χ0) is 11.1. The third kappa shape index (κ3) is 1.81. The fourth-order valence-electron chi connectivity index (χ4n) is 1.78. The van der Waals surface area contributed by atoms with Crippen molar-refractivity contribution in [2.75, 3.05) is 0 Å². The van der Waals surface area contributed by atoms with Crippen LogP contribution < -0.4 is 5.32 Å². The molecule has 0 aromatic heterocycles. The lowest BCUT2D eigenvalue weighted by Gasteiger charge is -2.40. The largest absolute Gasteiger partial charge is 0.345 e. The van der Waals surface area contributed by atoms with Crippen molar-refractivity contribution in [3.05, 3.63) is 0 Å². The number of hydrogen-bond acceptors (Lipinski definition) is 2. The number of rotatable bonds is 2. The topological polar surface area (TPSA) is 46.2 Å². The Hall–Kier alpha value is -0.860. The summed E-state index contributed by atoms with van der Waals surface area (Å²) in [7, 11) is 0. The average molecular weight is 197 g/mol. The minimum atomic E-state index is -0.370. The van der Waals surface area contributed by atoms with Crippen molar-refractivity contribution < 1.29 is 9.59 Å². The smallest absolute Gasteiger partial charge is 0.226 e. The molecule has 0 aromatic carbocycles. The van der Waals surface area contributed by atoms with Crippen molar-refractivity contribution in [1.82, 2.24) is 5.32 Å². The average Bonchev–Trinajstić information content (AvgIpc) is 1.95. The lowest BCUT2D eigenvalue weighted by molar-refractivity contribution is -0.148. The van der Waals surface area contributed by atoms with Gasteiger partial charge in [0.2, 0.25) is 5.91 Å². The van der Waals surface area contributed by atoms with Crippen LogP contribution in [-0.2, 0) is 9.59 Å². The van der Waals surface area contributed by atoms with Gasteiger partial charge in [0.1, 0.15) is 0 Å². The summed E-state index contributed by atoms with van der Waals surface area (Å²) in [4.78, 5) is 23.1. The maximum atomic E-state index is 11.9. The van der Waals surface area contributed by atoms with Gasteiger partial charge in [-0.3, -0.25) is 9.59 Å². The van der Waals surface area contributed by atoms with Gasteiger partial charge in [0, 0.05) is 5.41 Å². The van der Waals surface area contributed by atoms with Crippen LogP contribution in [0.2, 0.25) is 0 Å². The van der Waals surface area contributed by atoms with Crippen molar-refractivity contribution in [3.8, 4) is 0 Å². The molecule has 2 atom stereocenters. The summed E-state index contributed by atoms with van der Waals surface area (Å²) in [5.41, 5.74) is -0.370. The Morgan fingerprint density at radius 1 is 1.36 bits per heavy atom. The highest BCUT2D eigenvalue weighted by Crippen LogP contribution is 2.29. The molecule has 0 spiro atoms. The number of carbonyl (C=O) groups is 2. The number of ketones is 1. The summed E-state index contributed by atoms with van der Waals surface area (Å²) < 4.78 is 0. The van der Waals surface area contributed by atoms with E-state index < -0.39 is 0 Å². The highest BCUT2D eigenvalue weighted by atomic mass is 16.2. The van der Waals surface area contributed by atoms with Crippen molar-refractivity contribution in [1.29, 1.82) is 0 Å². The van der Waals surface area contributed by atoms with Crippen LogP contribution in [0.5, 0.6) is 0 Å². The Morgan fingerprint density at radius 2 is 1.86 bits per heavy atom. The van der Waals surface area contributed by atoms with Gasteiger partial charge < -0.3 is 5.32 Å². The number of nitrogens with one attached hydrogen (secondary N) is 1. The molecule has 14 heavy (non-hydrogen) atoms. The van der Waals surface area contributed by atoms with Gasteiger partial charge in [-0.1, -0.05) is 34.6 Å². The Morgan fingerprint density at radius 3 is 2.14 bits per heavy atom. The predicted molar refractivity (Wildman–Crippen MR) is 54.7 cm³/mol. The molecule has 1 fully saturated rings. The molecule has 1 aliphatic rings. The van der Waals surface area contributed by atoms with Gasteiger partial charge in [-0.05, 0) is 5.92 Å². The first-order valence-corrected chi connectivity index (χ1v) is 5.10. The highest BCUT2D eigenvalue weighted by Gasteiger charge is 2.48. The zero-order valence-electron chi connectivity index (χ0n) is 9.55. The molecule has 1 aliphatic heterocycles. The maximum absolute atomic E-state index is 11.9. The second-order valence-electron chi connectivity index (χ2n) is 5.37. The number of amides is 1. The minimum absolute atomic E-state index is 0.0163. The molecule has 1 saturated heterocycles. The monoisotopic (exact) mass is 197 g/mol. The molecule has 0 saturated carbocycles. The lowest BCUT2D eigenvalue weighted by atomic mass is 9.73. The van der Waals surface area contributed by atoms with Crippen LogP contribution in [0.15, 0.2) is 0 Å². The fourth-order valence-corrected chi connectivity index (χ4v) is 1.78. The molecule has 0 bridgehead atoms. The molecule has 3 heteroatoms. The molecule has 1 N–H and O–H groups in total. The van der Waals surface area contributed by atoms with E-state index in [9.17, 15) is 9.59 Å². The molecule has 80 valence electrons. The number of carbonyl (C=O) groups excluding carboxylic acids is 2.